The smallest absolute Gasteiger partial charge is 0.252 e. The Labute approximate surface area is 153 Å². The van der Waals surface area contributed by atoms with Crippen molar-refractivity contribution >= 4 is 20.9 Å². The molecule has 0 atom stereocenters. The fraction of sp³-hybridized carbons (Fsp3) is 0.250. The first-order chi connectivity index (χ1) is 12.2. The fourth-order valence-electron chi connectivity index (χ4n) is 2.84. The number of H-pyrrole nitrogens is 1. The molecule has 0 unspecified atom stereocenters. The second-order valence-electron chi connectivity index (χ2n) is 6.66. The summed E-state index contributed by atoms with van der Waals surface area (Å²) in [5, 5.41) is 0.889. The Balaban J connectivity index is 1.80. The number of pyridine rings is 1. The number of sulfonamides is 1. The van der Waals surface area contributed by atoms with Crippen molar-refractivity contribution in [3.8, 4) is 0 Å². The highest BCUT2D eigenvalue weighted by Gasteiger charge is 2.13. The highest BCUT2D eigenvalue weighted by molar-refractivity contribution is 7.88. The van der Waals surface area contributed by atoms with E-state index in [2.05, 4.69) is 9.71 Å². The largest absolute Gasteiger partial charge is 0.321 e. The van der Waals surface area contributed by atoms with E-state index in [-0.39, 0.29) is 17.9 Å². The first-order valence-corrected chi connectivity index (χ1v) is 10.1. The van der Waals surface area contributed by atoms with Crippen LogP contribution in [0.5, 0.6) is 0 Å². The van der Waals surface area contributed by atoms with Crippen molar-refractivity contribution in [1.82, 2.24) is 9.71 Å². The second-order valence-corrected chi connectivity index (χ2v) is 8.47. The average molecular weight is 370 g/mol. The van der Waals surface area contributed by atoms with Crippen LogP contribution in [0.15, 0.2) is 47.3 Å². The third-order valence-electron chi connectivity index (χ3n) is 4.59. The predicted molar refractivity (Wildman–Crippen MR) is 105 cm³/mol. The van der Waals surface area contributed by atoms with Gasteiger partial charge in [-0.2, -0.15) is 0 Å². The number of hydrogen-bond acceptors (Lipinski definition) is 3. The topological polar surface area (TPSA) is 79.0 Å². The third-order valence-corrected chi connectivity index (χ3v) is 5.89. The van der Waals surface area contributed by atoms with E-state index in [1.807, 2.05) is 45.0 Å². The summed E-state index contributed by atoms with van der Waals surface area (Å²) in [5.74, 6) is -0.114. The lowest BCUT2D eigenvalue weighted by molar-refractivity contribution is 0.580. The summed E-state index contributed by atoms with van der Waals surface area (Å²) in [7, 11) is -3.53. The van der Waals surface area contributed by atoms with Crippen LogP contribution in [0.4, 0.5) is 0 Å². The van der Waals surface area contributed by atoms with Gasteiger partial charge in [-0.3, -0.25) is 4.79 Å². The van der Waals surface area contributed by atoms with Crippen LogP contribution in [-0.2, 0) is 22.3 Å². The second kappa shape index (κ2) is 7.05. The molecule has 0 saturated heterocycles. The summed E-state index contributed by atoms with van der Waals surface area (Å²) in [5.41, 5.74) is 4.82. The number of hydrogen-bond donors (Lipinski definition) is 2. The number of aryl methyl sites for hydroxylation is 3. The average Bonchev–Trinajstić information content (AvgIpc) is 2.59. The van der Waals surface area contributed by atoms with E-state index in [1.165, 1.54) is 0 Å². The summed E-state index contributed by atoms with van der Waals surface area (Å²) >= 11 is 0. The minimum absolute atomic E-state index is 0.0353. The van der Waals surface area contributed by atoms with Crippen LogP contribution in [0.1, 0.15) is 27.8 Å². The Kier molecular flexibility index (Phi) is 4.98. The molecule has 0 radical (unpaired) electrons. The number of rotatable bonds is 5. The third kappa shape index (κ3) is 4.03. The zero-order valence-corrected chi connectivity index (χ0v) is 15.9. The number of aromatic amines is 1. The quantitative estimate of drug-likeness (QED) is 0.724. The number of nitrogens with one attached hydrogen (secondary N) is 2. The van der Waals surface area contributed by atoms with Gasteiger partial charge in [-0.25, -0.2) is 13.1 Å². The normalized spacial score (nSPS) is 11.8. The monoisotopic (exact) mass is 370 g/mol. The molecule has 26 heavy (non-hydrogen) atoms. The molecule has 2 N–H and O–H groups in total. The van der Waals surface area contributed by atoms with Gasteiger partial charge in [0.2, 0.25) is 10.0 Å². The van der Waals surface area contributed by atoms with Crippen LogP contribution in [0.2, 0.25) is 0 Å². The van der Waals surface area contributed by atoms with Crippen molar-refractivity contribution in [3.63, 3.8) is 0 Å². The van der Waals surface area contributed by atoms with Gasteiger partial charge in [-0.05, 0) is 48.9 Å². The molecule has 1 aromatic heterocycles. The van der Waals surface area contributed by atoms with Crippen molar-refractivity contribution in [1.29, 1.82) is 0 Å². The molecule has 136 valence electrons. The molecule has 0 spiro atoms. The lowest BCUT2D eigenvalue weighted by Gasteiger charge is -2.09. The molecule has 5 nitrogen and oxygen atoms in total. The number of aromatic nitrogens is 1. The van der Waals surface area contributed by atoms with Gasteiger partial charge in [0.25, 0.3) is 5.56 Å². The van der Waals surface area contributed by atoms with E-state index < -0.39 is 10.0 Å². The molecular formula is C20H22N2O3S. The maximum absolute atomic E-state index is 12.3. The zero-order valence-electron chi connectivity index (χ0n) is 15.1. The zero-order chi connectivity index (χ0) is 18.9. The van der Waals surface area contributed by atoms with Gasteiger partial charge in [0, 0.05) is 12.1 Å². The number of benzene rings is 2. The predicted octanol–water partition coefficient (Wildman–Crippen LogP) is 3.07. The van der Waals surface area contributed by atoms with E-state index >= 15 is 0 Å². The molecule has 0 aliphatic heterocycles. The molecular weight excluding hydrogens is 348 g/mol. The molecule has 1 heterocycles. The lowest BCUT2D eigenvalue weighted by atomic mass is 10.0. The van der Waals surface area contributed by atoms with E-state index in [4.69, 9.17) is 0 Å². The maximum Gasteiger partial charge on any atom is 0.252 e. The number of fused-ring (bicyclic) bond motifs is 1. The molecule has 0 saturated carbocycles. The molecule has 0 fully saturated rings. The van der Waals surface area contributed by atoms with Crippen LogP contribution < -0.4 is 10.3 Å². The lowest BCUT2D eigenvalue weighted by Crippen LogP contribution is -2.28. The van der Waals surface area contributed by atoms with Gasteiger partial charge in [0.05, 0.1) is 11.3 Å². The minimum Gasteiger partial charge on any atom is -0.321 e. The van der Waals surface area contributed by atoms with Crippen molar-refractivity contribution < 1.29 is 8.42 Å². The van der Waals surface area contributed by atoms with Gasteiger partial charge in [-0.15, -0.1) is 0 Å². The van der Waals surface area contributed by atoms with Crippen molar-refractivity contribution in [3.05, 3.63) is 80.6 Å². The molecule has 0 aliphatic carbocycles. The Morgan fingerprint density at radius 2 is 1.69 bits per heavy atom. The first-order valence-electron chi connectivity index (χ1n) is 8.40. The van der Waals surface area contributed by atoms with Gasteiger partial charge >= 0.3 is 0 Å². The summed E-state index contributed by atoms with van der Waals surface area (Å²) < 4.78 is 27.1. The van der Waals surface area contributed by atoms with Crippen molar-refractivity contribution in [2.24, 2.45) is 0 Å². The maximum atomic E-state index is 12.3. The van der Waals surface area contributed by atoms with Gasteiger partial charge in [0.1, 0.15) is 0 Å². The van der Waals surface area contributed by atoms with Gasteiger partial charge in [0.15, 0.2) is 0 Å². The van der Waals surface area contributed by atoms with Gasteiger partial charge < -0.3 is 4.98 Å². The Morgan fingerprint density at radius 3 is 2.38 bits per heavy atom. The SMILES string of the molecule is Cc1ccc(CS(=O)(=O)NCc2cc3ccc(C)c(C)c3[nH]c2=O)cc1. The highest BCUT2D eigenvalue weighted by atomic mass is 32.2. The standard InChI is InChI=1S/C20H22N2O3S/c1-13-4-7-16(8-5-13)12-26(24,25)21-11-18-10-17-9-6-14(2)15(3)19(17)22-20(18)23/h4-10,21H,11-12H2,1-3H3,(H,22,23). The molecule has 3 rings (SSSR count). The van der Waals surface area contributed by atoms with Crippen LogP contribution >= 0.6 is 0 Å². The highest BCUT2D eigenvalue weighted by Crippen LogP contribution is 2.19. The summed E-state index contributed by atoms with van der Waals surface area (Å²) in [6.07, 6.45) is 0. The Morgan fingerprint density at radius 1 is 1.00 bits per heavy atom. The van der Waals surface area contributed by atoms with E-state index in [1.54, 1.807) is 18.2 Å². The molecule has 6 heteroatoms. The van der Waals surface area contributed by atoms with Crippen LogP contribution in [0.3, 0.4) is 0 Å². The summed E-state index contributed by atoms with van der Waals surface area (Å²) in [6, 6.07) is 13.0. The molecule has 0 aliphatic rings. The van der Waals surface area contributed by atoms with Crippen molar-refractivity contribution in [2.75, 3.05) is 0 Å². The first kappa shape index (κ1) is 18.4. The fourth-order valence-corrected chi connectivity index (χ4v) is 3.95. The van der Waals surface area contributed by atoms with E-state index in [0.717, 1.165) is 27.6 Å². The van der Waals surface area contributed by atoms with Crippen LogP contribution in [0, 0.1) is 20.8 Å². The molecule has 0 amide bonds. The van der Waals surface area contributed by atoms with E-state index in [9.17, 15) is 13.2 Å². The molecule has 3 aromatic rings. The van der Waals surface area contributed by atoms with E-state index in [0.29, 0.717) is 11.1 Å². The summed E-state index contributed by atoms with van der Waals surface area (Å²) in [6.45, 7) is 5.86. The van der Waals surface area contributed by atoms with Crippen molar-refractivity contribution in [2.45, 2.75) is 33.1 Å². The molecule has 2 aromatic carbocycles. The Hall–Kier alpha value is -2.44. The summed E-state index contributed by atoms with van der Waals surface area (Å²) in [4.78, 5) is 15.2. The van der Waals surface area contributed by atoms with Crippen LogP contribution in [0.25, 0.3) is 10.9 Å². The van der Waals surface area contributed by atoms with Gasteiger partial charge in [-0.1, -0.05) is 42.0 Å². The Bertz CT molecular complexity index is 1110. The minimum atomic E-state index is -3.53. The molecule has 0 bridgehead atoms. The van der Waals surface area contributed by atoms with Crippen LogP contribution in [-0.4, -0.2) is 13.4 Å².